The van der Waals surface area contributed by atoms with Gasteiger partial charge in [0.25, 0.3) is 5.69 Å². The average Bonchev–Trinajstić information content (AvgIpc) is 2.33. The summed E-state index contributed by atoms with van der Waals surface area (Å²) in [6, 6.07) is 3.24. The minimum atomic E-state index is -0.364. The smallest absolute Gasteiger partial charge is 0.258 e. The number of allylic oxidation sites excluding steroid dienone is 3. The van der Waals surface area contributed by atoms with Crippen LogP contribution in [0.2, 0.25) is 0 Å². The molecule has 0 bridgehead atoms. The Balaban J connectivity index is 3.41. The molecule has 3 nitrogen and oxygen atoms in total. The predicted octanol–water partition coefficient (Wildman–Crippen LogP) is 3.78. The van der Waals surface area contributed by atoms with Gasteiger partial charge in [0.2, 0.25) is 0 Å². The number of hydrogen-bond acceptors (Lipinski definition) is 2. The standard InChI is InChI=1S/C15H17NO2/c1-4-7-12-10-14(16(17)18)11-13(8-5-2)15(12)9-6-3/h4-6,10-11H,1-3,7-9H2. The molecule has 0 amide bonds. The fourth-order valence-electron chi connectivity index (χ4n) is 1.97. The third kappa shape index (κ3) is 3.17. The summed E-state index contributed by atoms with van der Waals surface area (Å²) in [5, 5.41) is 10.9. The lowest BCUT2D eigenvalue weighted by Gasteiger charge is -2.11. The van der Waals surface area contributed by atoms with Gasteiger partial charge in [0, 0.05) is 12.1 Å². The molecular weight excluding hydrogens is 226 g/mol. The first kappa shape index (κ1) is 13.9. The second-order valence-electron chi connectivity index (χ2n) is 3.98. The summed E-state index contributed by atoms with van der Waals surface area (Å²) in [5.74, 6) is 0. The lowest BCUT2D eigenvalue weighted by atomic mass is 9.93. The SMILES string of the molecule is C=CCc1cc([N+](=O)[O-])cc(CC=C)c1CC=C. The molecule has 0 saturated heterocycles. The molecule has 18 heavy (non-hydrogen) atoms. The maximum Gasteiger partial charge on any atom is 0.270 e. The van der Waals surface area contributed by atoms with Crippen LogP contribution >= 0.6 is 0 Å². The zero-order valence-corrected chi connectivity index (χ0v) is 10.4. The van der Waals surface area contributed by atoms with Crippen LogP contribution in [0.4, 0.5) is 5.69 Å². The van der Waals surface area contributed by atoms with Crippen molar-refractivity contribution >= 4 is 5.69 Å². The van der Waals surface area contributed by atoms with Crippen LogP contribution in [0, 0.1) is 10.1 Å². The highest BCUT2D eigenvalue weighted by atomic mass is 16.6. The molecule has 1 aromatic carbocycles. The van der Waals surface area contributed by atoms with Crippen LogP contribution in [0.5, 0.6) is 0 Å². The Kier molecular flexibility index (Phi) is 5.06. The number of nitro groups is 1. The molecular formula is C15H17NO2. The van der Waals surface area contributed by atoms with Crippen LogP contribution in [-0.2, 0) is 19.3 Å². The number of nitro benzene ring substituents is 1. The molecule has 0 saturated carbocycles. The van der Waals surface area contributed by atoms with E-state index in [1.807, 2.05) is 0 Å². The van der Waals surface area contributed by atoms with E-state index in [4.69, 9.17) is 0 Å². The summed E-state index contributed by atoms with van der Waals surface area (Å²) >= 11 is 0. The quantitative estimate of drug-likeness (QED) is 0.415. The van der Waals surface area contributed by atoms with Gasteiger partial charge in [-0.3, -0.25) is 10.1 Å². The van der Waals surface area contributed by atoms with Crippen LogP contribution in [0.1, 0.15) is 16.7 Å². The van der Waals surface area contributed by atoms with Crippen LogP contribution in [0.3, 0.4) is 0 Å². The summed E-state index contributed by atoms with van der Waals surface area (Å²) in [6.45, 7) is 11.1. The first-order chi connectivity index (χ1) is 8.63. The van der Waals surface area contributed by atoms with E-state index in [-0.39, 0.29) is 10.6 Å². The van der Waals surface area contributed by atoms with Crippen LogP contribution in [-0.4, -0.2) is 4.92 Å². The van der Waals surface area contributed by atoms with E-state index in [9.17, 15) is 10.1 Å². The van der Waals surface area contributed by atoms with Crippen molar-refractivity contribution in [2.75, 3.05) is 0 Å². The van der Waals surface area contributed by atoms with Crippen molar-refractivity contribution in [3.8, 4) is 0 Å². The van der Waals surface area contributed by atoms with E-state index < -0.39 is 0 Å². The maximum atomic E-state index is 10.9. The van der Waals surface area contributed by atoms with Gasteiger partial charge in [-0.15, -0.1) is 19.7 Å². The Morgan fingerprint density at radius 2 is 1.44 bits per heavy atom. The third-order valence-corrected chi connectivity index (χ3v) is 2.71. The molecule has 1 rings (SSSR count). The Morgan fingerprint density at radius 1 is 1.00 bits per heavy atom. The van der Waals surface area contributed by atoms with Gasteiger partial charge in [-0.25, -0.2) is 0 Å². The van der Waals surface area contributed by atoms with Crippen LogP contribution < -0.4 is 0 Å². The van der Waals surface area contributed by atoms with E-state index in [0.717, 1.165) is 16.7 Å². The Hall–Kier alpha value is -2.16. The van der Waals surface area contributed by atoms with Crippen LogP contribution in [0.15, 0.2) is 50.1 Å². The van der Waals surface area contributed by atoms with E-state index in [1.165, 1.54) is 0 Å². The van der Waals surface area contributed by atoms with Crippen molar-refractivity contribution in [1.29, 1.82) is 0 Å². The normalized spacial score (nSPS) is 9.78. The lowest BCUT2D eigenvalue weighted by Crippen LogP contribution is -2.01. The summed E-state index contributed by atoms with van der Waals surface area (Å²) < 4.78 is 0. The largest absolute Gasteiger partial charge is 0.270 e. The minimum absolute atomic E-state index is 0.122. The molecule has 0 aliphatic carbocycles. The second kappa shape index (κ2) is 6.55. The van der Waals surface area contributed by atoms with E-state index in [0.29, 0.717) is 19.3 Å². The lowest BCUT2D eigenvalue weighted by molar-refractivity contribution is -0.385. The van der Waals surface area contributed by atoms with Gasteiger partial charge in [-0.1, -0.05) is 18.2 Å². The molecule has 0 N–H and O–H groups in total. The van der Waals surface area contributed by atoms with Gasteiger partial charge in [-0.2, -0.15) is 0 Å². The fraction of sp³-hybridized carbons (Fsp3) is 0.200. The van der Waals surface area contributed by atoms with Crippen molar-refractivity contribution in [3.63, 3.8) is 0 Å². The first-order valence-corrected chi connectivity index (χ1v) is 5.75. The van der Waals surface area contributed by atoms with Gasteiger partial charge in [-0.05, 0) is 36.0 Å². The van der Waals surface area contributed by atoms with Crippen molar-refractivity contribution in [2.24, 2.45) is 0 Å². The fourth-order valence-corrected chi connectivity index (χ4v) is 1.97. The molecule has 0 unspecified atom stereocenters. The highest BCUT2D eigenvalue weighted by Crippen LogP contribution is 2.25. The molecule has 0 aliphatic rings. The molecule has 94 valence electrons. The highest BCUT2D eigenvalue weighted by Gasteiger charge is 2.14. The average molecular weight is 243 g/mol. The molecule has 0 spiro atoms. The third-order valence-electron chi connectivity index (χ3n) is 2.71. The number of benzene rings is 1. The molecule has 0 aromatic heterocycles. The predicted molar refractivity (Wildman–Crippen MR) is 74.8 cm³/mol. The van der Waals surface area contributed by atoms with Gasteiger partial charge in [0.05, 0.1) is 4.92 Å². The Labute approximate surface area is 107 Å². The number of rotatable bonds is 7. The van der Waals surface area contributed by atoms with Gasteiger partial charge in [0.1, 0.15) is 0 Å². The Morgan fingerprint density at radius 3 is 1.78 bits per heavy atom. The summed E-state index contributed by atoms with van der Waals surface area (Å²) in [5.41, 5.74) is 3.10. The number of nitrogens with zero attached hydrogens (tertiary/aromatic N) is 1. The zero-order chi connectivity index (χ0) is 13.5. The highest BCUT2D eigenvalue weighted by molar-refractivity contribution is 5.48. The molecule has 0 radical (unpaired) electrons. The topological polar surface area (TPSA) is 43.1 Å². The molecule has 0 fully saturated rings. The van der Waals surface area contributed by atoms with Crippen molar-refractivity contribution in [2.45, 2.75) is 19.3 Å². The van der Waals surface area contributed by atoms with Gasteiger partial charge >= 0.3 is 0 Å². The van der Waals surface area contributed by atoms with E-state index in [2.05, 4.69) is 19.7 Å². The minimum Gasteiger partial charge on any atom is -0.258 e. The second-order valence-corrected chi connectivity index (χ2v) is 3.98. The van der Waals surface area contributed by atoms with Crippen LogP contribution in [0.25, 0.3) is 0 Å². The van der Waals surface area contributed by atoms with Gasteiger partial charge in [0.15, 0.2) is 0 Å². The summed E-state index contributed by atoms with van der Waals surface area (Å²) in [7, 11) is 0. The molecule has 0 aliphatic heterocycles. The van der Waals surface area contributed by atoms with Crippen molar-refractivity contribution in [3.05, 3.63) is 76.9 Å². The summed E-state index contributed by atoms with van der Waals surface area (Å²) in [6.07, 6.45) is 7.25. The first-order valence-electron chi connectivity index (χ1n) is 5.75. The van der Waals surface area contributed by atoms with Gasteiger partial charge < -0.3 is 0 Å². The zero-order valence-electron chi connectivity index (χ0n) is 10.4. The van der Waals surface area contributed by atoms with Crippen molar-refractivity contribution < 1.29 is 4.92 Å². The molecule has 0 atom stereocenters. The van der Waals surface area contributed by atoms with E-state index >= 15 is 0 Å². The number of non-ortho nitro benzene ring substituents is 1. The van der Waals surface area contributed by atoms with Crippen molar-refractivity contribution in [1.82, 2.24) is 0 Å². The molecule has 0 heterocycles. The number of hydrogen-bond donors (Lipinski definition) is 0. The molecule has 3 heteroatoms. The summed E-state index contributed by atoms with van der Waals surface area (Å²) in [4.78, 5) is 10.6. The maximum absolute atomic E-state index is 10.9. The monoisotopic (exact) mass is 243 g/mol. The Bertz CT molecular complexity index is 458. The van der Waals surface area contributed by atoms with E-state index in [1.54, 1.807) is 30.4 Å². The molecule has 1 aromatic rings.